The second-order valence-corrected chi connectivity index (χ2v) is 8.14. The van der Waals surface area contributed by atoms with Crippen LogP contribution >= 0.6 is 15.9 Å². The number of nitrogens with one attached hydrogen (secondary N) is 2. The summed E-state index contributed by atoms with van der Waals surface area (Å²) in [7, 11) is 1.45. The molecule has 0 unspecified atom stereocenters. The van der Waals surface area contributed by atoms with Gasteiger partial charge in [-0.15, -0.1) is 0 Å². The van der Waals surface area contributed by atoms with Crippen molar-refractivity contribution in [3.63, 3.8) is 0 Å². The smallest absolute Gasteiger partial charge is 0.343 e. The van der Waals surface area contributed by atoms with Crippen molar-refractivity contribution in [2.75, 3.05) is 12.4 Å². The molecule has 0 aliphatic carbocycles. The van der Waals surface area contributed by atoms with Crippen molar-refractivity contribution in [2.24, 2.45) is 5.10 Å². The van der Waals surface area contributed by atoms with Gasteiger partial charge in [-0.25, -0.2) is 10.2 Å². The maximum absolute atomic E-state index is 12.4. The van der Waals surface area contributed by atoms with Crippen molar-refractivity contribution in [1.82, 2.24) is 5.43 Å². The molecule has 2 N–H and O–H groups in total. The third kappa shape index (κ3) is 6.52. The number of hydrogen-bond acceptors (Lipinski definition) is 6. The zero-order valence-corrected chi connectivity index (χ0v) is 20.3. The van der Waals surface area contributed by atoms with Gasteiger partial charge in [-0.2, -0.15) is 5.10 Å². The maximum atomic E-state index is 12.4. The van der Waals surface area contributed by atoms with Crippen LogP contribution in [0.4, 0.5) is 5.69 Å². The van der Waals surface area contributed by atoms with Crippen molar-refractivity contribution in [3.05, 3.63) is 87.9 Å². The van der Waals surface area contributed by atoms with Crippen LogP contribution in [0.25, 0.3) is 0 Å². The highest BCUT2D eigenvalue weighted by Crippen LogP contribution is 2.29. The highest BCUT2D eigenvalue weighted by molar-refractivity contribution is 9.10. The van der Waals surface area contributed by atoms with Crippen LogP contribution < -0.4 is 20.2 Å². The predicted molar refractivity (Wildman–Crippen MR) is 132 cm³/mol. The first-order valence-electron chi connectivity index (χ1n) is 10.1. The Labute approximate surface area is 205 Å². The average Bonchev–Trinajstić information content (AvgIpc) is 2.84. The number of benzene rings is 3. The Bertz CT molecular complexity index is 1240. The first kappa shape index (κ1) is 24.7. The lowest BCUT2D eigenvalue weighted by molar-refractivity contribution is -0.136. The molecule has 2 amide bonds. The van der Waals surface area contributed by atoms with Crippen LogP contribution in [0.1, 0.15) is 28.4 Å². The largest absolute Gasteiger partial charge is 0.493 e. The fraction of sp³-hybridized carbons (Fsp3) is 0.120. The van der Waals surface area contributed by atoms with Crippen molar-refractivity contribution >= 4 is 45.1 Å². The number of carbonyl (C=O) groups is 3. The van der Waals surface area contributed by atoms with E-state index in [2.05, 4.69) is 31.8 Å². The fourth-order valence-electron chi connectivity index (χ4n) is 2.80. The molecular formula is C25H22BrN3O5. The van der Waals surface area contributed by atoms with Crippen molar-refractivity contribution in [2.45, 2.75) is 13.8 Å². The minimum Gasteiger partial charge on any atom is -0.493 e. The summed E-state index contributed by atoms with van der Waals surface area (Å²) < 4.78 is 11.7. The molecule has 0 saturated carbocycles. The molecule has 0 spiro atoms. The zero-order valence-electron chi connectivity index (χ0n) is 18.7. The molecular weight excluding hydrogens is 502 g/mol. The number of nitrogens with zero attached hydrogens (tertiary/aromatic N) is 1. The molecule has 0 heterocycles. The molecule has 0 aliphatic heterocycles. The van der Waals surface area contributed by atoms with Crippen molar-refractivity contribution in [1.29, 1.82) is 0 Å². The van der Waals surface area contributed by atoms with Crippen LogP contribution in [-0.4, -0.2) is 30.6 Å². The third-order valence-corrected chi connectivity index (χ3v) is 5.23. The lowest BCUT2D eigenvalue weighted by Crippen LogP contribution is -2.32. The number of ether oxygens (including phenoxy) is 2. The number of methoxy groups -OCH3 is 1. The van der Waals surface area contributed by atoms with E-state index in [0.717, 1.165) is 10.0 Å². The van der Waals surface area contributed by atoms with E-state index < -0.39 is 17.8 Å². The van der Waals surface area contributed by atoms with E-state index in [-0.39, 0.29) is 5.75 Å². The quantitative estimate of drug-likeness (QED) is 0.163. The standard InChI is InChI=1S/C25H22BrN3O5/c1-15-4-6-17(7-5-15)25(32)34-21-13-8-18(14-22(21)33-3)16(2)28-29-24(31)23(30)27-20-11-9-19(26)10-12-20/h4-14H,1-3H3,(H,27,30)(H,29,31)/b28-16+. The van der Waals surface area contributed by atoms with Gasteiger partial charge in [-0.05, 0) is 68.4 Å². The van der Waals surface area contributed by atoms with Gasteiger partial charge in [0.1, 0.15) is 0 Å². The second kappa shape index (κ2) is 11.2. The number of hydrogen-bond donors (Lipinski definition) is 2. The first-order valence-corrected chi connectivity index (χ1v) is 10.9. The zero-order chi connectivity index (χ0) is 24.7. The summed E-state index contributed by atoms with van der Waals surface area (Å²) >= 11 is 3.30. The molecule has 3 rings (SSSR count). The van der Waals surface area contributed by atoms with Gasteiger partial charge in [0.2, 0.25) is 0 Å². The first-order chi connectivity index (χ1) is 16.3. The number of hydrazone groups is 1. The Balaban J connectivity index is 1.65. The Hall–Kier alpha value is -3.98. The van der Waals surface area contributed by atoms with Gasteiger partial charge < -0.3 is 14.8 Å². The molecule has 0 bridgehead atoms. The number of halogens is 1. The normalized spacial score (nSPS) is 10.9. The summed E-state index contributed by atoms with van der Waals surface area (Å²) in [5, 5.41) is 6.46. The van der Waals surface area contributed by atoms with E-state index in [1.54, 1.807) is 61.5 Å². The Morgan fingerprint density at radius 1 is 0.853 bits per heavy atom. The lowest BCUT2D eigenvalue weighted by Gasteiger charge is -2.11. The van der Waals surface area contributed by atoms with Gasteiger partial charge in [-0.1, -0.05) is 33.6 Å². The molecule has 9 heteroatoms. The highest BCUT2D eigenvalue weighted by atomic mass is 79.9. The van der Waals surface area contributed by atoms with E-state index in [1.807, 2.05) is 19.1 Å². The van der Waals surface area contributed by atoms with E-state index in [1.165, 1.54) is 7.11 Å². The van der Waals surface area contributed by atoms with Gasteiger partial charge in [0.05, 0.1) is 18.4 Å². The summed E-state index contributed by atoms with van der Waals surface area (Å²) in [4.78, 5) is 36.6. The van der Waals surface area contributed by atoms with Crippen LogP contribution in [0.5, 0.6) is 11.5 Å². The minimum absolute atomic E-state index is 0.238. The number of anilines is 1. The number of amides is 2. The summed E-state index contributed by atoms with van der Waals surface area (Å²) in [6, 6.07) is 18.7. The molecule has 3 aromatic carbocycles. The van der Waals surface area contributed by atoms with Crippen LogP contribution in [-0.2, 0) is 9.59 Å². The minimum atomic E-state index is -0.919. The third-order valence-electron chi connectivity index (χ3n) is 4.70. The summed E-state index contributed by atoms with van der Waals surface area (Å²) in [6.07, 6.45) is 0. The van der Waals surface area contributed by atoms with Gasteiger partial charge in [-0.3, -0.25) is 9.59 Å². The molecule has 0 aromatic heterocycles. The summed E-state index contributed by atoms with van der Waals surface area (Å²) in [6.45, 7) is 3.58. The van der Waals surface area contributed by atoms with Gasteiger partial charge in [0.25, 0.3) is 0 Å². The summed E-state index contributed by atoms with van der Waals surface area (Å²) in [5.41, 5.74) is 5.16. The molecule has 0 fully saturated rings. The second-order valence-electron chi connectivity index (χ2n) is 7.22. The van der Waals surface area contributed by atoms with Crippen LogP contribution in [0, 0.1) is 6.92 Å². The maximum Gasteiger partial charge on any atom is 0.343 e. The Kier molecular flexibility index (Phi) is 8.15. The van der Waals surface area contributed by atoms with E-state index >= 15 is 0 Å². The molecule has 3 aromatic rings. The van der Waals surface area contributed by atoms with Crippen molar-refractivity contribution in [3.8, 4) is 11.5 Å². The predicted octanol–water partition coefficient (Wildman–Crippen LogP) is 4.46. The summed E-state index contributed by atoms with van der Waals surface area (Å²) in [5.74, 6) is -1.73. The molecule has 0 atom stereocenters. The number of rotatable bonds is 6. The lowest BCUT2D eigenvalue weighted by atomic mass is 10.1. The van der Waals surface area contributed by atoms with Crippen LogP contribution in [0.15, 0.2) is 76.3 Å². The van der Waals surface area contributed by atoms with E-state index in [9.17, 15) is 14.4 Å². The van der Waals surface area contributed by atoms with Gasteiger partial charge >= 0.3 is 17.8 Å². The number of aryl methyl sites for hydroxylation is 1. The SMILES string of the molecule is COc1cc(/C(C)=N/NC(=O)C(=O)Nc2ccc(Br)cc2)ccc1OC(=O)c1ccc(C)cc1. The van der Waals surface area contributed by atoms with E-state index in [4.69, 9.17) is 9.47 Å². The molecule has 0 aliphatic rings. The van der Waals surface area contributed by atoms with Crippen molar-refractivity contribution < 1.29 is 23.9 Å². The Morgan fingerprint density at radius 2 is 1.50 bits per heavy atom. The monoisotopic (exact) mass is 523 g/mol. The highest BCUT2D eigenvalue weighted by Gasteiger charge is 2.15. The van der Waals surface area contributed by atoms with Crippen LogP contribution in [0.3, 0.4) is 0 Å². The number of esters is 1. The topological polar surface area (TPSA) is 106 Å². The Morgan fingerprint density at radius 3 is 2.15 bits per heavy atom. The number of carbonyl (C=O) groups excluding carboxylic acids is 3. The van der Waals surface area contributed by atoms with E-state index in [0.29, 0.717) is 28.3 Å². The van der Waals surface area contributed by atoms with Gasteiger partial charge in [0, 0.05) is 15.7 Å². The molecule has 0 radical (unpaired) electrons. The molecule has 8 nitrogen and oxygen atoms in total. The average molecular weight is 524 g/mol. The molecule has 174 valence electrons. The van der Waals surface area contributed by atoms with Gasteiger partial charge in [0.15, 0.2) is 11.5 Å². The fourth-order valence-corrected chi connectivity index (χ4v) is 3.06. The molecule has 34 heavy (non-hydrogen) atoms. The molecule has 0 saturated heterocycles. The van der Waals surface area contributed by atoms with Crippen LogP contribution in [0.2, 0.25) is 0 Å².